The van der Waals surface area contributed by atoms with E-state index in [4.69, 9.17) is 4.98 Å². The summed E-state index contributed by atoms with van der Waals surface area (Å²) in [5, 5.41) is 13.0. The minimum absolute atomic E-state index is 0.0269. The number of likely N-dealkylation sites (tertiary alicyclic amines) is 1. The number of carboxylic acid groups (broad SMARTS) is 1. The summed E-state index contributed by atoms with van der Waals surface area (Å²) >= 11 is 0. The second-order valence-corrected chi connectivity index (χ2v) is 8.29. The normalized spacial score (nSPS) is 20.6. The zero-order valence-electron chi connectivity index (χ0n) is 17.9. The molecule has 3 aromatic heterocycles. The number of hydrogen-bond acceptors (Lipinski definition) is 8. The summed E-state index contributed by atoms with van der Waals surface area (Å²) in [5.41, 5.74) is 2.03. The van der Waals surface area contributed by atoms with Crippen molar-refractivity contribution < 1.29 is 14.7 Å². The number of amides is 1. The number of aryl methyl sites for hydroxylation is 2. The molecule has 2 fully saturated rings. The number of nitrogens with one attached hydrogen (secondary N) is 1. The Morgan fingerprint density at radius 1 is 1.19 bits per heavy atom. The topological polar surface area (TPSA) is 139 Å². The zero-order chi connectivity index (χ0) is 22.4. The predicted molar refractivity (Wildman–Crippen MR) is 115 cm³/mol. The average molecular weight is 436 g/mol. The lowest BCUT2D eigenvalue weighted by Gasteiger charge is -2.21. The number of aromatic nitrogens is 6. The smallest absolute Gasteiger partial charge is 0.326 e. The summed E-state index contributed by atoms with van der Waals surface area (Å²) in [6.45, 7) is 4.79. The Hall–Kier alpha value is -3.63. The van der Waals surface area contributed by atoms with Gasteiger partial charge in [-0.2, -0.15) is 0 Å². The minimum Gasteiger partial charge on any atom is -0.480 e. The van der Waals surface area contributed by atoms with Crippen LogP contribution in [-0.4, -0.2) is 70.0 Å². The molecule has 1 amide bonds. The summed E-state index contributed by atoms with van der Waals surface area (Å²) in [6.07, 6.45) is 6.91. The fourth-order valence-corrected chi connectivity index (χ4v) is 4.25. The first-order chi connectivity index (χ1) is 15.5. The summed E-state index contributed by atoms with van der Waals surface area (Å²) in [6, 6.07) is -1.07. The van der Waals surface area contributed by atoms with E-state index in [2.05, 4.69) is 25.3 Å². The van der Waals surface area contributed by atoms with Crippen molar-refractivity contribution in [1.82, 2.24) is 34.4 Å². The molecule has 0 aromatic carbocycles. The van der Waals surface area contributed by atoms with Crippen LogP contribution in [0.5, 0.6) is 0 Å². The van der Waals surface area contributed by atoms with Gasteiger partial charge >= 0.3 is 5.97 Å². The Morgan fingerprint density at radius 2 is 1.94 bits per heavy atom. The molecule has 1 saturated carbocycles. The molecule has 1 aliphatic heterocycles. The average Bonchev–Trinajstić information content (AvgIpc) is 3.43. The van der Waals surface area contributed by atoms with Crippen molar-refractivity contribution in [2.24, 2.45) is 5.92 Å². The third-order valence-electron chi connectivity index (χ3n) is 6.02. The van der Waals surface area contributed by atoms with E-state index in [0.717, 1.165) is 18.4 Å². The lowest BCUT2D eigenvalue weighted by molar-refractivity contribution is -0.148. The maximum Gasteiger partial charge on any atom is 0.326 e. The number of carbonyl (C=O) groups excluding carboxylic acids is 1. The summed E-state index contributed by atoms with van der Waals surface area (Å²) in [4.78, 5) is 47.9. The third-order valence-corrected chi connectivity index (χ3v) is 6.02. The first-order valence-corrected chi connectivity index (χ1v) is 10.8. The maximum absolute atomic E-state index is 12.6. The third kappa shape index (κ3) is 3.53. The Bertz CT molecular complexity index is 1190. The van der Waals surface area contributed by atoms with Crippen molar-refractivity contribution in [2.75, 3.05) is 11.9 Å². The quantitative estimate of drug-likeness (QED) is 0.588. The van der Waals surface area contributed by atoms with Crippen molar-refractivity contribution in [3.8, 4) is 11.4 Å². The van der Waals surface area contributed by atoms with Crippen molar-refractivity contribution >= 4 is 28.9 Å². The molecular weight excluding hydrogens is 412 g/mol. The van der Waals surface area contributed by atoms with E-state index in [-0.39, 0.29) is 17.9 Å². The summed E-state index contributed by atoms with van der Waals surface area (Å²) in [5.74, 6) is 0.813. The Morgan fingerprint density at radius 3 is 2.59 bits per heavy atom. The van der Waals surface area contributed by atoms with Gasteiger partial charge in [-0.05, 0) is 26.7 Å². The van der Waals surface area contributed by atoms with Gasteiger partial charge in [0.15, 0.2) is 17.0 Å². The van der Waals surface area contributed by atoms with Crippen LogP contribution < -0.4 is 5.32 Å². The molecule has 1 aliphatic carbocycles. The first-order valence-electron chi connectivity index (χ1n) is 10.8. The molecule has 2 aliphatic rings. The lowest BCUT2D eigenvalue weighted by atomic mass is 10.1. The van der Waals surface area contributed by atoms with Gasteiger partial charge in [-0.15, -0.1) is 0 Å². The van der Waals surface area contributed by atoms with Crippen molar-refractivity contribution in [3.63, 3.8) is 0 Å². The highest BCUT2D eigenvalue weighted by Gasteiger charge is 2.44. The molecule has 2 N–H and O–H groups in total. The van der Waals surface area contributed by atoms with E-state index in [1.807, 2.05) is 18.4 Å². The van der Waals surface area contributed by atoms with Crippen molar-refractivity contribution in [1.29, 1.82) is 0 Å². The van der Waals surface area contributed by atoms with E-state index in [1.54, 1.807) is 12.4 Å². The van der Waals surface area contributed by atoms with Crippen molar-refractivity contribution in [2.45, 2.75) is 51.7 Å². The highest BCUT2D eigenvalue weighted by molar-refractivity contribution is 5.88. The second-order valence-electron chi connectivity index (χ2n) is 8.29. The van der Waals surface area contributed by atoms with Gasteiger partial charge < -0.3 is 19.9 Å². The molecule has 0 radical (unpaired) electrons. The van der Waals surface area contributed by atoms with Crippen LogP contribution in [0.3, 0.4) is 0 Å². The number of rotatable bonds is 6. The molecule has 5 rings (SSSR count). The SMILES string of the molecule is CCn1c(-c2cnc(C)nc2)nc2c(NC3CC(C(=O)O)N(C(=O)C4CC4)C3)ncnc21. The fraction of sp³-hybridized carbons (Fsp3) is 0.476. The summed E-state index contributed by atoms with van der Waals surface area (Å²) < 4.78 is 1.97. The molecule has 2 atom stereocenters. The van der Waals surface area contributed by atoms with E-state index in [9.17, 15) is 14.7 Å². The highest BCUT2D eigenvalue weighted by atomic mass is 16.4. The van der Waals surface area contributed by atoms with E-state index < -0.39 is 12.0 Å². The lowest BCUT2D eigenvalue weighted by Crippen LogP contribution is -2.41. The number of aliphatic carboxylic acids is 1. The molecule has 11 heteroatoms. The number of nitrogens with zero attached hydrogens (tertiary/aromatic N) is 7. The predicted octanol–water partition coefficient (Wildman–Crippen LogP) is 1.49. The van der Waals surface area contributed by atoms with Crippen LogP contribution in [-0.2, 0) is 16.1 Å². The molecule has 2 unspecified atom stereocenters. The number of hydrogen-bond donors (Lipinski definition) is 2. The molecular formula is C21H24N8O3. The largest absolute Gasteiger partial charge is 0.480 e. The van der Waals surface area contributed by atoms with E-state index in [1.165, 1.54) is 11.2 Å². The van der Waals surface area contributed by atoms with E-state index >= 15 is 0 Å². The number of carbonyl (C=O) groups is 2. The number of carboxylic acids is 1. The molecule has 3 aromatic rings. The van der Waals surface area contributed by atoms with Gasteiger partial charge in [0, 0.05) is 43.9 Å². The first kappa shape index (κ1) is 20.3. The van der Waals surface area contributed by atoms with Gasteiger partial charge in [0.1, 0.15) is 24.0 Å². The van der Waals surface area contributed by atoms with Crippen molar-refractivity contribution in [3.05, 3.63) is 24.5 Å². The van der Waals surface area contributed by atoms with Crippen LogP contribution in [0.25, 0.3) is 22.6 Å². The molecule has 0 bridgehead atoms. The number of imidazole rings is 1. The maximum atomic E-state index is 12.6. The molecule has 4 heterocycles. The molecule has 0 spiro atoms. The molecule has 166 valence electrons. The van der Waals surface area contributed by atoms with Crippen LogP contribution in [0.4, 0.5) is 5.82 Å². The standard InChI is InChI=1S/C21H24N8O3/c1-3-28-18(13-7-22-11(2)23-8-13)27-16-17(24-10-25-19(16)28)26-14-6-15(21(31)32)29(9-14)20(30)12-4-5-12/h7-8,10,12,14-15H,3-6,9H2,1-2H3,(H,31,32)(H,24,25,26). The highest BCUT2D eigenvalue weighted by Crippen LogP contribution is 2.35. The zero-order valence-corrected chi connectivity index (χ0v) is 17.9. The second kappa shape index (κ2) is 7.81. The molecule has 11 nitrogen and oxygen atoms in total. The Labute approximate surface area is 183 Å². The summed E-state index contributed by atoms with van der Waals surface area (Å²) in [7, 11) is 0. The number of anilines is 1. The Kier molecular flexibility index (Phi) is 4.95. The van der Waals surface area contributed by atoms with Crippen LogP contribution >= 0.6 is 0 Å². The monoisotopic (exact) mass is 436 g/mol. The van der Waals surface area contributed by atoms with Crippen LogP contribution in [0, 0.1) is 12.8 Å². The molecule has 1 saturated heterocycles. The van der Waals surface area contributed by atoms with Gasteiger partial charge in [0.05, 0.1) is 5.56 Å². The Balaban J connectivity index is 1.46. The fourth-order valence-electron chi connectivity index (χ4n) is 4.25. The number of fused-ring (bicyclic) bond motifs is 1. The van der Waals surface area contributed by atoms with Crippen LogP contribution in [0.1, 0.15) is 32.0 Å². The van der Waals surface area contributed by atoms with Gasteiger partial charge in [0.2, 0.25) is 5.91 Å². The molecule has 32 heavy (non-hydrogen) atoms. The van der Waals surface area contributed by atoms with Gasteiger partial charge in [-0.3, -0.25) is 4.79 Å². The van der Waals surface area contributed by atoms with Gasteiger partial charge in [-0.25, -0.2) is 29.7 Å². The minimum atomic E-state index is -0.979. The van der Waals surface area contributed by atoms with Crippen LogP contribution in [0.2, 0.25) is 0 Å². The van der Waals surface area contributed by atoms with E-state index in [0.29, 0.717) is 48.1 Å². The van der Waals surface area contributed by atoms with Crippen LogP contribution in [0.15, 0.2) is 18.7 Å². The van der Waals surface area contributed by atoms with Gasteiger partial charge in [-0.1, -0.05) is 0 Å². The van der Waals surface area contributed by atoms with Gasteiger partial charge in [0.25, 0.3) is 0 Å².